The molecule has 1 unspecified atom stereocenters. The standard InChI is InChI=1S/C19H18FN3OS/c20-14-7-9-15(10-8-14)21-18(24)13-4-3-11-23(12-13)19-22-16-5-1-2-6-17(16)25-19/h1-2,5-10,13H,3-4,11-12H2,(H,21,24). The van der Waals surface area contributed by atoms with E-state index in [1.165, 1.54) is 12.1 Å². The molecule has 1 N–H and O–H groups in total. The first-order valence-corrected chi connectivity index (χ1v) is 9.18. The van der Waals surface area contributed by atoms with Crippen LogP contribution in [-0.4, -0.2) is 24.0 Å². The Morgan fingerprint density at radius 3 is 2.80 bits per heavy atom. The van der Waals surface area contributed by atoms with Crippen LogP contribution in [0.25, 0.3) is 10.2 Å². The van der Waals surface area contributed by atoms with Crippen molar-refractivity contribution >= 4 is 38.3 Å². The van der Waals surface area contributed by atoms with Crippen molar-refractivity contribution in [2.75, 3.05) is 23.3 Å². The van der Waals surface area contributed by atoms with Crippen LogP contribution in [0.1, 0.15) is 12.8 Å². The number of benzene rings is 2. The van der Waals surface area contributed by atoms with Gasteiger partial charge in [-0.25, -0.2) is 9.37 Å². The highest BCUT2D eigenvalue weighted by Crippen LogP contribution is 2.31. The van der Waals surface area contributed by atoms with Gasteiger partial charge < -0.3 is 10.2 Å². The van der Waals surface area contributed by atoms with Gasteiger partial charge in [0.2, 0.25) is 5.91 Å². The second kappa shape index (κ2) is 6.80. The van der Waals surface area contributed by atoms with Crippen LogP contribution in [0.15, 0.2) is 48.5 Å². The Morgan fingerprint density at radius 1 is 1.20 bits per heavy atom. The van der Waals surface area contributed by atoms with Gasteiger partial charge in [-0.1, -0.05) is 23.5 Å². The van der Waals surface area contributed by atoms with E-state index in [-0.39, 0.29) is 17.6 Å². The molecule has 0 radical (unpaired) electrons. The summed E-state index contributed by atoms with van der Waals surface area (Å²) >= 11 is 1.66. The number of fused-ring (bicyclic) bond motifs is 1. The van der Waals surface area contributed by atoms with E-state index in [2.05, 4.69) is 16.3 Å². The molecule has 1 aromatic heterocycles. The van der Waals surface area contributed by atoms with Gasteiger partial charge in [0.05, 0.1) is 16.1 Å². The van der Waals surface area contributed by atoms with Crippen molar-refractivity contribution in [2.24, 2.45) is 5.92 Å². The third-order valence-corrected chi connectivity index (χ3v) is 5.55. The summed E-state index contributed by atoms with van der Waals surface area (Å²) in [7, 11) is 0. The molecule has 1 saturated heterocycles. The molecule has 0 spiro atoms. The highest BCUT2D eigenvalue weighted by molar-refractivity contribution is 7.22. The molecule has 1 aliphatic heterocycles. The number of thiazole rings is 1. The molecule has 6 heteroatoms. The number of carbonyl (C=O) groups excluding carboxylic acids is 1. The molecule has 2 aromatic carbocycles. The number of anilines is 2. The van der Waals surface area contributed by atoms with Crippen LogP contribution in [0.4, 0.5) is 15.2 Å². The van der Waals surface area contributed by atoms with Crippen molar-refractivity contribution in [1.29, 1.82) is 0 Å². The summed E-state index contributed by atoms with van der Waals surface area (Å²) in [6.45, 7) is 1.58. The maximum atomic E-state index is 13.0. The fraction of sp³-hybridized carbons (Fsp3) is 0.263. The number of piperidine rings is 1. The lowest BCUT2D eigenvalue weighted by Gasteiger charge is -2.31. The second-order valence-electron chi connectivity index (χ2n) is 6.25. The monoisotopic (exact) mass is 355 g/mol. The summed E-state index contributed by atoms with van der Waals surface area (Å²) in [6.07, 6.45) is 1.81. The minimum atomic E-state index is -0.308. The number of amides is 1. The molecule has 0 saturated carbocycles. The van der Waals surface area contributed by atoms with Crippen molar-refractivity contribution in [3.8, 4) is 0 Å². The number of hydrogen-bond donors (Lipinski definition) is 1. The van der Waals surface area contributed by atoms with Gasteiger partial charge in [-0.05, 0) is 49.2 Å². The van der Waals surface area contributed by atoms with E-state index in [0.717, 1.165) is 34.7 Å². The Hall–Kier alpha value is -2.47. The Kier molecular flexibility index (Phi) is 4.36. The molecular weight excluding hydrogens is 337 g/mol. The van der Waals surface area contributed by atoms with Crippen LogP contribution in [0, 0.1) is 11.7 Å². The molecule has 2 heterocycles. The molecule has 25 heavy (non-hydrogen) atoms. The van der Waals surface area contributed by atoms with Gasteiger partial charge in [0.25, 0.3) is 0 Å². The number of nitrogens with zero attached hydrogens (tertiary/aromatic N) is 2. The lowest BCUT2D eigenvalue weighted by molar-refractivity contribution is -0.120. The third kappa shape index (κ3) is 3.49. The fourth-order valence-electron chi connectivity index (χ4n) is 3.14. The molecular formula is C19H18FN3OS. The van der Waals surface area contributed by atoms with E-state index >= 15 is 0 Å². The summed E-state index contributed by atoms with van der Waals surface area (Å²) in [5.41, 5.74) is 1.63. The average Bonchev–Trinajstić information content (AvgIpc) is 3.08. The van der Waals surface area contributed by atoms with E-state index in [9.17, 15) is 9.18 Å². The molecule has 128 valence electrons. The number of nitrogens with one attached hydrogen (secondary N) is 1. The van der Waals surface area contributed by atoms with Gasteiger partial charge in [-0.15, -0.1) is 0 Å². The first-order valence-electron chi connectivity index (χ1n) is 8.36. The van der Waals surface area contributed by atoms with Crippen LogP contribution < -0.4 is 10.2 Å². The van der Waals surface area contributed by atoms with Gasteiger partial charge in [-0.3, -0.25) is 4.79 Å². The average molecular weight is 355 g/mol. The van der Waals surface area contributed by atoms with Crippen LogP contribution in [0.2, 0.25) is 0 Å². The molecule has 1 fully saturated rings. The van der Waals surface area contributed by atoms with Crippen molar-refractivity contribution in [1.82, 2.24) is 4.98 Å². The first-order chi connectivity index (χ1) is 12.2. The van der Waals surface area contributed by atoms with E-state index in [1.54, 1.807) is 23.5 Å². The van der Waals surface area contributed by atoms with Gasteiger partial charge in [0, 0.05) is 18.8 Å². The minimum absolute atomic E-state index is 0.0163. The van der Waals surface area contributed by atoms with Gasteiger partial charge in [0.1, 0.15) is 5.82 Å². The topological polar surface area (TPSA) is 45.2 Å². The van der Waals surface area contributed by atoms with E-state index < -0.39 is 0 Å². The number of carbonyl (C=O) groups is 1. The summed E-state index contributed by atoms with van der Waals surface area (Å²) in [5, 5.41) is 3.86. The van der Waals surface area contributed by atoms with Gasteiger partial charge >= 0.3 is 0 Å². The van der Waals surface area contributed by atoms with Crippen molar-refractivity contribution in [3.05, 3.63) is 54.3 Å². The molecule has 0 aliphatic carbocycles. The predicted octanol–water partition coefficient (Wildman–Crippen LogP) is 4.29. The minimum Gasteiger partial charge on any atom is -0.347 e. The Bertz CT molecular complexity index is 860. The first kappa shape index (κ1) is 16.0. The maximum absolute atomic E-state index is 13.0. The quantitative estimate of drug-likeness (QED) is 0.762. The van der Waals surface area contributed by atoms with E-state index in [4.69, 9.17) is 4.98 Å². The van der Waals surface area contributed by atoms with Gasteiger partial charge in [-0.2, -0.15) is 0 Å². The Labute approximate surface area is 149 Å². The lowest BCUT2D eigenvalue weighted by atomic mass is 9.97. The second-order valence-corrected chi connectivity index (χ2v) is 7.25. The summed E-state index contributed by atoms with van der Waals surface area (Å²) in [6, 6.07) is 14.0. The normalized spacial score (nSPS) is 17.6. The number of hydrogen-bond acceptors (Lipinski definition) is 4. The van der Waals surface area contributed by atoms with Crippen molar-refractivity contribution in [3.63, 3.8) is 0 Å². The van der Waals surface area contributed by atoms with Crippen LogP contribution >= 0.6 is 11.3 Å². The summed E-state index contributed by atoms with van der Waals surface area (Å²) in [5.74, 6) is -0.416. The molecule has 1 amide bonds. The van der Waals surface area contributed by atoms with E-state index in [1.807, 2.05) is 18.2 Å². The molecule has 3 aromatic rings. The third-order valence-electron chi connectivity index (χ3n) is 4.46. The highest BCUT2D eigenvalue weighted by atomic mass is 32.1. The zero-order chi connectivity index (χ0) is 17.2. The molecule has 1 atom stereocenters. The lowest BCUT2D eigenvalue weighted by Crippen LogP contribution is -2.40. The Morgan fingerprint density at radius 2 is 2.00 bits per heavy atom. The van der Waals surface area contributed by atoms with Crippen LogP contribution in [0.3, 0.4) is 0 Å². The molecule has 1 aliphatic rings. The highest BCUT2D eigenvalue weighted by Gasteiger charge is 2.27. The largest absolute Gasteiger partial charge is 0.347 e. The maximum Gasteiger partial charge on any atom is 0.229 e. The summed E-state index contributed by atoms with van der Waals surface area (Å²) < 4.78 is 14.1. The van der Waals surface area contributed by atoms with Crippen LogP contribution in [0.5, 0.6) is 0 Å². The fourth-order valence-corrected chi connectivity index (χ4v) is 4.14. The van der Waals surface area contributed by atoms with Gasteiger partial charge in [0.15, 0.2) is 5.13 Å². The zero-order valence-electron chi connectivity index (χ0n) is 13.6. The summed E-state index contributed by atoms with van der Waals surface area (Å²) in [4.78, 5) is 19.4. The van der Waals surface area contributed by atoms with Crippen LogP contribution in [-0.2, 0) is 4.79 Å². The molecule has 4 rings (SSSR count). The SMILES string of the molecule is O=C(Nc1ccc(F)cc1)C1CCCN(c2nc3ccccc3s2)C1. The Balaban J connectivity index is 1.46. The molecule has 0 bridgehead atoms. The number of rotatable bonds is 3. The predicted molar refractivity (Wildman–Crippen MR) is 99.6 cm³/mol. The van der Waals surface area contributed by atoms with E-state index in [0.29, 0.717) is 12.2 Å². The molecule has 4 nitrogen and oxygen atoms in total. The van der Waals surface area contributed by atoms with Crippen molar-refractivity contribution in [2.45, 2.75) is 12.8 Å². The number of para-hydroxylation sites is 1. The smallest absolute Gasteiger partial charge is 0.229 e. The number of aromatic nitrogens is 1. The van der Waals surface area contributed by atoms with Crippen molar-refractivity contribution < 1.29 is 9.18 Å². The zero-order valence-corrected chi connectivity index (χ0v) is 14.4. The number of halogens is 1.